The molecule has 0 atom stereocenters. The Balaban J connectivity index is 1.83. The van der Waals surface area contributed by atoms with E-state index in [4.69, 9.17) is 9.47 Å². The second-order valence-electron chi connectivity index (χ2n) is 5.12. The number of nitrogens with one attached hydrogen (secondary N) is 1. The van der Waals surface area contributed by atoms with Gasteiger partial charge in [0.25, 0.3) is 0 Å². The molecule has 2 aliphatic heterocycles. The molecule has 92 valence electrons. The van der Waals surface area contributed by atoms with Crippen LogP contribution in [0.15, 0.2) is 18.2 Å². The summed E-state index contributed by atoms with van der Waals surface area (Å²) < 4.78 is 11.7. The molecule has 1 aromatic carbocycles. The number of anilines is 1. The van der Waals surface area contributed by atoms with Crippen LogP contribution in [0, 0.1) is 0 Å². The number of ether oxygens (including phenoxy) is 2. The minimum Gasteiger partial charge on any atom is -0.487 e. The van der Waals surface area contributed by atoms with Gasteiger partial charge in [-0.15, -0.1) is 0 Å². The van der Waals surface area contributed by atoms with Crippen LogP contribution < -0.4 is 10.1 Å². The average molecular weight is 233 g/mol. The van der Waals surface area contributed by atoms with Crippen LogP contribution in [0.5, 0.6) is 5.75 Å². The summed E-state index contributed by atoms with van der Waals surface area (Å²) >= 11 is 0. The van der Waals surface area contributed by atoms with E-state index in [0.717, 1.165) is 44.8 Å². The largest absolute Gasteiger partial charge is 0.487 e. The van der Waals surface area contributed by atoms with E-state index in [1.54, 1.807) is 0 Å². The topological polar surface area (TPSA) is 30.5 Å². The summed E-state index contributed by atoms with van der Waals surface area (Å²) in [5.41, 5.74) is 2.51. The van der Waals surface area contributed by atoms with E-state index in [1.165, 1.54) is 11.3 Å². The molecule has 3 nitrogen and oxygen atoms in total. The third-order valence-corrected chi connectivity index (χ3v) is 3.73. The van der Waals surface area contributed by atoms with Crippen molar-refractivity contribution in [1.29, 1.82) is 0 Å². The summed E-state index contributed by atoms with van der Waals surface area (Å²) in [4.78, 5) is 0. The Hall–Kier alpha value is -1.22. The molecule has 3 rings (SSSR count). The maximum Gasteiger partial charge on any atom is 0.125 e. The van der Waals surface area contributed by atoms with Gasteiger partial charge in [-0.05, 0) is 25.5 Å². The van der Waals surface area contributed by atoms with Crippen molar-refractivity contribution in [3.63, 3.8) is 0 Å². The van der Waals surface area contributed by atoms with Crippen molar-refractivity contribution in [2.24, 2.45) is 0 Å². The number of benzene rings is 1. The Labute approximate surface area is 102 Å². The molecule has 0 aliphatic carbocycles. The van der Waals surface area contributed by atoms with E-state index in [2.05, 4.69) is 30.4 Å². The Morgan fingerprint density at radius 3 is 2.94 bits per heavy atom. The number of hydrogen-bond donors (Lipinski definition) is 1. The predicted octanol–water partition coefficient (Wildman–Crippen LogP) is 2.60. The predicted molar refractivity (Wildman–Crippen MR) is 67.7 cm³/mol. The van der Waals surface area contributed by atoms with Crippen molar-refractivity contribution in [1.82, 2.24) is 0 Å². The average Bonchev–Trinajstić information content (AvgIpc) is 2.79. The smallest absolute Gasteiger partial charge is 0.125 e. The summed E-state index contributed by atoms with van der Waals surface area (Å²) in [6, 6.07) is 6.28. The second-order valence-corrected chi connectivity index (χ2v) is 5.12. The van der Waals surface area contributed by atoms with E-state index < -0.39 is 0 Å². The van der Waals surface area contributed by atoms with Gasteiger partial charge in [0, 0.05) is 30.6 Å². The van der Waals surface area contributed by atoms with Gasteiger partial charge in [-0.25, -0.2) is 0 Å². The van der Waals surface area contributed by atoms with Crippen molar-refractivity contribution in [3.8, 4) is 5.75 Å². The summed E-state index contributed by atoms with van der Waals surface area (Å²) in [6.45, 7) is 4.83. The van der Waals surface area contributed by atoms with Gasteiger partial charge in [-0.3, -0.25) is 0 Å². The highest BCUT2D eigenvalue weighted by Crippen LogP contribution is 2.35. The molecule has 0 bridgehead atoms. The molecule has 17 heavy (non-hydrogen) atoms. The van der Waals surface area contributed by atoms with Crippen LogP contribution in [0.4, 0.5) is 5.69 Å². The normalized spacial score (nSPS) is 21.7. The molecule has 0 saturated carbocycles. The van der Waals surface area contributed by atoms with E-state index in [9.17, 15) is 0 Å². The van der Waals surface area contributed by atoms with Crippen molar-refractivity contribution < 1.29 is 9.47 Å². The van der Waals surface area contributed by atoms with Crippen molar-refractivity contribution in [3.05, 3.63) is 23.8 Å². The van der Waals surface area contributed by atoms with Crippen LogP contribution in [-0.2, 0) is 11.2 Å². The fourth-order valence-corrected chi connectivity index (χ4v) is 2.58. The van der Waals surface area contributed by atoms with Crippen molar-refractivity contribution >= 4 is 5.69 Å². The fraction of sp³-hybridized carbons (Fsp3) is 0.571. The molecular formula is C14H19NO2. The quantitative estimate of drug-likeness (QED) is 0.851. The molecule has 1 fully saturated rings. The van der Waals surface area contributed by atoms with Gasteiger partial charge in [-0.2, -0.15) is 0 Å². The zero-order valence-corrected chi connectivity index (χ0v) is 10.3. The molecule has 1 saturated heterocycles. The van der Waals surface area contributed by atoms with E-state index in [-0.39, 0.29) is 5.60 Å². The van der Waals surface area contributed by atoms with Crippen molar-refractivity contribution in [2.45, 2.75) is 31.8 Å². The van der Waals surface area contributed by atoms with Gasteiger partial charge in [0.05, 0.1) is 13.2 Å². The first kappa shape index (κ1) is 10.9. The lowest BCUT2D eigenvalue weighted by molar-refractivity contribution is -0.0346. The lowest BCUT2D eigenvalue weighted by Crippen LogP contribution is -2.39. The van der Waals surface area contributed by atoms with Crippen LogP contribution >= 0.6 is 0 Å². The molecule has 0 aromatic heterocycles. The third kappa shape index (κ3) is 2.12. The van der Waals surface area contributed by atoms with Gasteiger partial charge in [0.1, 0.15) is 11.4 Å². The zero-order valence-electron chi connectivity index (χ0n) is 10.3. The number of fused-ring (bicyclic) bond motifs is 1. The maximum atomic E-state index is 6.27. The Morgan fingerprint density at radius 1 is 1.29 bits per heavy atom. The van der Waals surface area contributed by atoms with Gasteiger partial charge in [0.2, 0.25) is 0 Å². The Kier molecular flexibility index (Phi) is 2.71. The lowest BCUT2D eigenvalue weighted by Gasteiger charge is -2.34. The second kappa shape index (κ2) is 4.22. The highest BCUT2D eigenvalue weighted by Gasteiger charge is 2.30. The van der Waals surface area contributed by atoms with Crippen LogP contribution in [-0.4, -0.2) is 25.4 Å². The maximum absolute atomic E-state index is 6.27. The molecule has 0 radical (unpaired) electrons. The molecule has 2 heterocycles. The molecule has 0 unspecified atom stereocenters. The summed E-state index contributed by atoms with van der Waals surface area (Å²) in [6.07, 6.45) is 3.02. The summed E-state index contributed by atoms with van der Waals surface area (Å²) in [5.74, 6) is 1.05. The Morgan fingerprint density at radius 2 is 2.12 bits per heavy atom. The van der Waals surface area contributed by atoms with Gasteiger partial charge in [-0.1, -0.05) is 6.07 Å². The minimum absolute atomic E-state index is 0.0596. The van der Waals surface area contributed by atoms with Crippen LogP contribution in [0.2, 0.25) is 0 Å². The summed E-state index contributed by atoms with van der Waals surface area (Å²) in [7, 11) is 0. The molecule has 3 heteroatoms. The highest BCUT2D eigenvalue weighted by atomic mass is 16.5. The first-order chi connectivity index (χ1) is 8.27. The third-order valence-electron chi connectivity index (χ3n) is 3.73. The molecule has 0 amide bonds. The van der Waals surface area contributed by atoms with Gasteiger partial charge >= 0.3 is 0 Å². The molecular weight excluding hydrogens is 214 g/mol. The van der Waals surface area contributed by atoms with Crippen molar-refractivity contribution in [2.75, 3.05) is 25.1 Å². The zero-order chi connectivity index (χ0) is 11.7. The highest BCUT2D eigenvalue weighted by molar-refractivity contribution is 5.61. The summed E-state index contributed by atoms with van der Waals surface area (Å²) in [5, 5.41) is 3.39. The fourth-order valence-electron chi connectivity index (χ4n) is 2.58. The van der Waals surface area contributed by atoms with Crippen LogP contribution in [0.3, 0.4) is 0 Å². The van der Waals surface area contributed by atoms with Gasteiger partial charge in [0.15, 0.2) is 0 Å². The van der Waals surface area contributed by atoms with Crippen LogP contribution in [0.25, 0.3) is 0 Å². The minimum atomic E-state index is -0.0596. The molecule has 1 N–H and O–H groups in total. The number of rotatable bonds is 2. The number of hydrogen-bond acceptors (Lipinski definition) is 3. The first-order valence-corrected chi connectivity index (χ1v) is 6.39. The van der Waals surface area contributed by atoms with E-state index in [0.29, 0.717) is 0 Å². The standard InChI is InChI=1S/C14H19NO2/c1-14(6-9-16-10-7-14)17-13-4-2-3-12-11(13)5-8-15-12/h2-4,15H,5-10H2,1H3. The van der Waals surface area contributed by atoms with E-state index >= 15 is 0 Å². The molecule has 0 spiro atoms. The monoisotopic (exact) mass is 233 g/mol. The first-order valence-electron chi connectivity index (χ1n) is 6.39. The molecule has 2 aliphatic rings. The lowest BCUT2D eigenvalue weighted by atomic mass is 9.96. The van der Waals surface area contributed by atoms with Crippen LogP contribution in [0.1, 0.15) is 25.3 Å². The van der Waals surface area contributed by atoms with Gasteiger partial charge < -0.3 is 14.8 Å². The SMILES string of the molecule is CC1(Oc2cccc3c2CCN3)CCOCC1. The van der Waals surface area contributed by atoms with E-state index in [1.807, 2.05) is 0 Å². The molecule has 1 aromatic rings. The Bertz CT molecular complexity index is 411.